The molecule has 0 spiro atoms. The molecule has 0 N–H and O–H groups in total. The standard InChI is InChI=1S/C64H40O2Si/c1-4-18-41(19-5-1)67(42-20-6-2-7-21-42,43-22-8-3-9-23-43)44-34-35-46-47-29-16-30-52-56(38-39-59(63(47)52)66-60(46)40-44)62-50-27-12-10-25-48(50)61(49-26-11-13-28-51(49)62)55-37-36-54-45-24-14-15-32-57(45)65-58-33-17-31-53(55)64(54)58/h1-40H. The molecule has 0 unspecified atom stereocenters. The summed E-state index contributed by atoms with van der Waals surface area (Å²) in [5, 5.41) is 14.8. The van der Waals surface area contributed by atoms with E-state index in [1.807, 2.05) is 6.07 Å². The zero-order chi connectivity index (χ0) is 44.1. The minimum atomic E-state index is -2.77. The summed E-state index contributed by atoms with van der Waals surface area (Å²) in [7, 11) is -2.77. The first-order valence-electron chi connectivity index (χ1n) is 23.1. The van der Waals surface area contributed by atoms with Crippen molar-refractivity contribution in [2.75, 3.05) is 0 Å². The van der Waals surface area contributed by atoms with Gasteiger partial charge in [-0.05, 0) is 117 Å². The number of rotatable bonds is 6. The van der Waals surface area contributed by atoms with Crippen molar-refractivity contribution in [2.45, 2.75) is 0 Å². The van der Waals surface area contributed by atoms with E-state index in [-0.39, 0.29) is 0 Å². The van der Waals surface area contributed by atoms with Gasteiger partial charge in [-0.25, -0.2) is 0 Å². The average Bonchev–Trinajstić information content (AvgIpc) is 3.40. The van der Waals surface area contributed by atoms with Gasteiger partial charge in [0.25, 0.3) is 0 Å². The van der Waals surface area contributed by atoms with Crippen LogP contribution >= 0.6 is 0 Å². The highest BCUT2D eigenvalue weighted by atomic mass is 28.3. The van der Waals surface area contributed by atoms with E-state index in [9.17, 15) is 0 Å². The minimum Gasteiger partial charge on any atom is -0.456 e. The van der Waals surface area contributed by atoms with Crippen molar-refractivity contribution in [2.24, 2.45) is 0 Å². The van der Waals surface area contributed by atoms with Crippen LogP contribution in [-0.2, 0) is 0 Å². The fourth-order valence-corrected chi connectivity index (χ4v) is 16.4. The number of fused-ring (bicyclic) bond motifs is 6. The second-order valence-corrected chi connectivity index (χ2v) is 21.6. The lowest BCUT2D eigenvalue weighted by atomic mass is 9.82. The largest absolute Gasteiger partial charge is 0.456 e. The molecule has 12 aromatic rings. The third kappa shape index (κ3) is 5.50. The lowest BCUT2D eigenvalue weighted by molar-refractivity contribution is 0.487. The van der Waals surface area contributed by atoms with E-state index in [1.165, 1.54) is 86.4 Å². The Hall–Kier alpha value is -8.50. The van der Waals surface area contributed by atoms with Crippen LogP contribution in [0, 0.1) is 0 Å². The molecule has 3 heteroatoms. The van der Waals surface area contributed by atoms with Gasteiger partial charge in [-0.1, -0.05) is 212 Å². The molecule has 312 valence electrons. The van der Waals surface area contributed by atoms with Crippen molar-refractivity contribution in [3.05, 3.63) is 243 Å². The molecule has 14 rings (SSSR count). The van der Waals surface area contributed by atoms with Crippen molar-refractivity contribution >= 4 is 71.9 Å². The van der Waals surface area contributed by atoms with Gasteiger partial charge in [0.05, 0.1) is 0 Å². The summed E-state index contributed by atoms with van der Waals surface area (Å²) in [5.74, 6) is 3.56. The first kappa shape index (κ1) is 37.8. The van der Waals surface area contributed by atoms with E-state index in [0.29, 0.717) is 0 Å². The van der Waals surface area contributed by atoms with Gasteiger partial charge in [-0.15, -0.1) is 0 Å². The van der Waals surface area contributed by atoms with E-state index in [0.717, 1.165) is 44.9 Å². The fourth-order valence-electron chi connectivity index (χ4n) is 11.7. The Balaban J connectivity index is 0.971. The molecule has 0 atom stereocenters. The second-order valence-electron chi connectivity index (χ2n) is 17.8. The van der Waals surface area contributed by atoms with Gasteiger partial charge in [-0.2, -0.15) is 0 Å². The Morgan fingerprint density at radius 1 is 0.224 bits per heavy atom. The van der Waals surface area contributed by atoms with Gasteiger partial charge in [-0.3, -0.25) is 0 Å². The van der Waals surface area contributed by atoms with Crippen molar-refractivity contribution in [3.63, 3.8) is 0 Å². The minimum absolute atomic E-state index is 0.878. The lowest BCUT2D eigenvalue weighted by Crippen LogP contribution is -2.74. The molecule has 2 heterocycles. The maximum absolute atomic E-state index is 7.14. The molecular formula is C64H40O2Si. The summed E-state index contributed by atoms with van der Waals surface area (Å²) in [6.07, 6.45) is 0. The number of hydrogen-bond acceptors (Lipinski definition) is 2. The monoisotopic (exact) mass is 868 g/mol. The van der Waals surface area contributed by atoms with Crippen molar-refractivity contribution in [3.8, 4) is 67.5 Å². The molecule has 2 aliphatic rings. The molecule has 0 amide bonds. The summed E-state index contributed by atoms with van der Waals surface area (Å²) in [6, 6.07) is 88.9. The molecule has 2 aliphatic heterocycles. The molecule has 0 aliphatic carbocycles. The number of benzene rings is 12. The fraction of sp³-hybridized carbons (Fsp3) is 0. The summed E-state index contributed by atoms with van der Waals surface area (Å²) in [4.78, 5) is 0. The Labute approximate surface area is 389 Å². The highest BCUT2D eigenvalue weighted by Crippen LogP contribution is 2.53. The molecular weight excluding hydrogens is 829 g/mol. The maximum Gasteiger partial charge on any atom is 0.179 e. The number of ether oxygens (including phenoxy) is 2. The van der Waals surface area contributed by atoms with Gasteiger partial charge in [0.15, 0.2) is 8.07 Å². The molecule has 12 aromatic carbocycles. The van der Waals surface area contributed by atoms with Crippen LogP contribution < -0.4 is 30.2 Å². The van der Waals surface area contributed by atoms with E-state index >= 15 is 0 Å². The van der Waals surface area contributed by atoms with Crippen LogP contribution in [0.25, 0.3) is 87.6 Å². The van der Waals surface area contributed by atoms with Crippen molar-refractivity contribution < 1.29 is 9.47 Å². The van der Waals surface area contributed by atoms with Gasteiger partial charge >= 0.3 is 0 Å². The second kappa shape index (κ2) is 14.8. The maximum atomic E-state index is 7.14. The third-order valence-electron chi connectivity index (χ3n) is 14.4. The Morgan fingerprint density at radius 2 is 0.597 bits per heavy atom. The SMILES string of the molecule is c1ccc([Si](c2ccccc2)(c2ccccc2)c2ccc3c(c2)Oc2ccc(-c4c5ccccc5c(-c5ccc6c7c(cccc57)Oc5ccccc5-6)c5ccccc45)c4cccc-3c24)cc1. The van der Waals surface area contributed by atoms with Crippen LogP contribution in [-0.4, -0.2) is 8.07 Å². The summed E-state index contributed by atoms with van der Waals surface area (Å²) in [6.45, 7) is 0. The van der Waals surface area contributed by atoms with Crippen LogP contribution in [0.3, 0.4) is 0 Å². The number of para-hydroxylation sites is 1. The topological polar surface area (TPSA) is 18.5 Å². The van der Waals surface area contributed by atoms with Gasteiger partial charge < -0.3 is 9.47 Å². The summed E-state index contributed by atoms with van der Waals surface area (Å²) < 4.78 is 13.7. The zero-order valence-corrected chi connectivity index (χ0v) is 37.4. The molecule has 67 heavy (non-hydrogen) atoms. The van der Waals surface area contributed by atoms with Gasteiger partial charge in [0.2, 0.25) is 0 Å². The van der Waals surface area contributed by atoms with Crippen LogP contribution in [0.15, 0.2) is 243 Å². The molecule has 2 nitrogen and oxygen atoms in total. The third-order valence-corrected chi connectivity index (χ3v) is 19.2. The smallest absolute Gasteiger partial charge is 0.179 e. The summed E-state index contributed by atoms with van der Waals surface area (Å²) in [5.41, 5.74) is 9.46. The van der Waals surface area contributed by atoms with Crippen molar-refractivity contribution in [1.82, 2.24) is 0 Å². The molecule has 0 radical (unpaired) electrons. The molecule has 0 saturated heterocycles. The zero-order valence-electron chi connectivity index (χ0n) is 36.4. The molecule has 0 bridgehead atoms. The van der Waals surface area contributed by atoms with Crippen molar-refractivity contribution in [1.29, 1.82) is 0 Å². The highest BCUT2D eigenvalue weighted by Gasteiger charge is 2.42. The number of hydrogen-bond donors (Lipinski definition) is 0. The predicted molar refractivity (Wildman–Crippen MR) is 282 cm³/mol. The quantitative estimate of drug-likeness (QED) is 0.0942. The first-order valence-corrected chi connectivity index (χ1v) is 25.1. The van der Waals surface area contributed by atoms with E-state index in [4.69, 9.17) is 9.47 Å². The molecule has 0 fully saturated rings. The Morgan fingerprint density at radius 3 is 1.18 bits per heavy atom. The normalized spacial score (nSPS) is 12.4. The Bertz CT molecular complexity index is 3820. The first-order chi connectivity index (χ1) is 33.3. The average molecular weight is 869 g/mol. The van der Waals surface area contributed by atoms with Crippen LogP contribution in [0.2, 0.25) is 0 Å². The van der Waals surface area contributed by atoms with Gasteiger partial charge in [0.1, 0.15) is 23.0 Å². The molecule has 0 saturated carbocycles. The van der Waals surface area contributed by atoms with Crippen LogP contribution in [0.5, 0.6) is 23.0 Å². The van der Waals surface area contributed by atoms with E-state index in [2.05, 4.69) is 237 Å². The lowest BCUT2D eigenvalue weighted by Gasteiger charge is -2.35. The van der Waals surface area contributed by atoms with Crippen LogP contribution in [0.1, 0.15) is 0 Å². The van der Waals surface area contributed by atoms with Crippen LogP contribution in [0.4, 0.5) is 0 Å². The van der Waals surface area contributed by atoms with E-state index in [1.54, 1.807) is 0 Å². The molecule has 0 aromatic heterocycles. The highest BCUT2D eigenvalue weighted by molar-refractivity contribution is 7.19. The van der Waals surface area contributed by atoms with E-state index < -0.39 is 8.07 Å². The Kier molecular flexibility index (Phi) is 8.34. The summed E-state index contributed by atoms with van der Waals surface area (Å²) >= 11 is 0. The predicted octanol–water partition coefficient (Wildman–Crippen LogP) is 14.6. The van der Waals surface area contributed by atoms with Gasteiger partial charge in [0, 0.05) is 21.9 Å².